The van der Waals surface area contributed by atoms with Gasteiger partial charge < -0.3 is 4.74 Å². The number of carbonyl (C=O) groups is 1. The molecule has 0 saturated heterocycles. The largest absolute Gasteiger partial charge is 0.497 e. The van der Waals surface area contributed by atoms with E-state index in [1.54, 1.807) is 43.5 Å². The van der Waals surface area contributed by atoms with Gasteiger partial charge in [-0.15, -0.1) is 0 Å². The lowest BCUT2D eigenvalue weighted by atomic mass is 10.1. The van der Waals surface area contributed by atoms with Crippen LogP contribution in [0, 0.1) is 0 Å². The summed E-state index contributed by atoms with van der Waals surface area (Å²) in [5, 5.41) is 0.368. The predicted octanol–water partition coefficient (Wildman–Crippen LogP) is 2.97. The highest BCUT2D eigenvalue weighted by molar-refractivity contribution is 6.29. The van der Waals surface area contributed by atoms with Gasteiger partial charge in [-0.05, 0) is 24.3 Å². The minimum absolute atomic E-state index is 0.104. The van der Waals surface area contributed by atoms with Crippen LogP contribution >= 0.6 is 11.6 Å². The van der Waals surface area contributed by atoms with Gasteiger partial charge in [-0.25, -0.2) is 4.98 Å². The minimum atomic E-state index is -0.104. The fraction of sp³-hybridized carbons (Fsp3) is 0.0769. The number of ether oxygens (including phenoxy) is 1. The van der Waals surface area contributed by atoms with Gasteiger partial charge in [0, 0.05) is 17.3 Å². The number of carbonyl (C=O) groups excluding carboxylic acids is 1. The Balaban J connectivity index is 2.33. The zero-order valence-electron chi connectivity index (χ0n) is 9.18. The third-order valence-electron chi connectivity index (χ3n) is 2.32. The SMILES string of the molecule is COc1cccc(C(=O)c2ccc(Cl)nc2)c1. The molecule has 0 saturated carbocycles. The number of aromatic nitrogens is 1. The van der Waals surface area contributed by atoms with Gasteiger partial charge in [-0.3, -0.25) is 4.79 Å². The molecule has 0 unspecified atom stereocenters. The van der Waals surface area contributed by atoms with E-state index < -0.39 is 0 Å². The Labute approximate surface area is 104 Å². The summed E-state index contributed by atoms with van der Waals surface area (Å²) < 4.78 is 5.07. The van der Waals surface area contributed by atoms with Crippen molar-refractivity contribution in [2.75, 3.05) is 7.11 Å². The average Bonchev–Trinajstić information content (AvgIpc) is 2.39. The Bertz CT molecular complexity index is 537. The molecule has 1 aromatic heterocycles. The van der Waals surface area contributed by atoms with Crippen LogP contribution in [0.25, 0.3) is 0 Å². The van der Waals surface area contributed by atoms with Crippen LogP contribution in [-0.2, 0) is 0 Å². The van der Waals surface area contributed by atoms with Crippen LogP contribution < -0.4 is 4.74 Å². The van der Waals surface area contributed by atoms with Crippen LogP contribution in [0.4, 0.5) is 0 Å². The van der Waals surface area contributed by atoms with Crippen molar-refractivity contribution >= 4 is 17.4 Å². The quantitative estimate of drug-likeness (QED) is 0.618. The molecule has 0 aliphatic carbocycles. The van der Waals surface area contributed by atoms with E-state index in [4.69, 9.17) is 16.3 Å². The monoisotopic (exact) mass is 247 g/mol. The number of halogens is 1. The van der Waals surface area contributed by atoms with Crippen LogP contribution in [0.15, 0.2) is 42.6 Å². The van der Waals surface area contributed by atoms with E-state index in [0.717, 1.165) is 0 Å². The second kappa shape index (κ2) is 4.97. The van der Waals surface area contributed by atoms with Gasteiger partial charge in [0.2, 0.25) is 0 Å². The molecule has 0 aliphatic heterocycles. The number of ketones is 1. The maximum Gasteiger partial charge on any atom is 0.194 e. The molecule has 2 aromatic rings. The lowest BCUT2D eigenvalue weighted by molar-refractivity contribution is 0.103. The van der Waals surface area contributed by atoms with Crippen LogP contribution in [0.3, 0.4) is 0 Å². The molecule has 0 N–H and O–H groups in total. The Morgan fingerprint density at radius 1 is 1.24 bits per heavy atom. The van der Waals surface area contributed by atoms with Gasteiger partial charge in [0.05, 0.1) is 7.11 Å². The summed E-state index contributed by atoms with van der Waals surface area (Å²) in [6, 6.07) is 10.2. The van der Waals surface area contributed by atoms with Crippen molar-refractivity contribution in [3.63, 3.8) is 0 Å². The average molecular weight is 248 g/mol. The first-order chi connectivity index (χ1) is 8.20. The van der Waals surface area contributed by atoms with Crippen molar-refractivity contribution in [2.24, 2.45) is 0 Å². The highest BCUT2D eigenvalue weighted by Crippen LogP contribution is 2.16. The molecule has 0 aliphatic rings. The number of hydrogen-bond acceptors (Lipinski definition) is 3. The smallest absolute Gasteiger partial charge is 0.194 e. The van der Waals surface area contributed by atoms with Crippen LogP contribution in [0.5, 0.6) is 5.75 Å². The molecule has 3 nitrogen and oxygen atoms in total. The molecule has 86 valence electrons. The zero-order chi connectivity index (χ0) is 12.3. The number of methoxy groups -OCH3 is 1. The third-order valence-corrected chi connectivity index (χ3v) is 2.55. The van der Waals surface area contributed by atoms with E-state index in [9.17, 15) is 4.79 Å². The van der Waals surface area contributed by atoms with Gasteiger partial charge in [-0.2, -0.15) is 0 Å². The Morgan fingerprint density at radius 3 is 2.71 bits per heavy atom. The lowest BCUT2D eigenvalue weighted by Crippen LogP contribution is -2.02. The first-order valence-electron chi connectivity index (χ1n) is 5.01. The van der Waals surface area contributed by atoms with E-state index in [2.05, 4.69) is 4.98 Å². The van der Waals surface area contributed by atoms with Crippen LogP contribution in [-0.4, -0.2) is 17.9 Å². The van der Waals surface area contributed by atoms with Crippen molar-refractivity contribution in [3.05, 3.63) is 58.9 Å². The number of nitrogens with zero attached hydrogens (tertiary/aromatic N) is 1. The van der Waals surface area contributed by atoms with Crippen molar-refractivity contribution < 1.29 is 9.53 Å². The number of hydrogen-bond donors (Lipinski definition) is 0. The Hall–Kier alpha value is -1.87. The Kier molecular flexibility index (Phi) is 3.40. The molecular weight excluding hydrogens is 238 g/mol. The Morgan fingerprint density at radius 2 is 2.06 bits per heavy atom. The third kappa shape index (κ3) is 2.63. The second-order valence-corrected chi connectivity index (χ2v) is 3.82. The van der Waals surface area contributed by atoms with E-state index >= 15 is 0 Å². The maximum atomic E-state index is 12.1. The van der Waals surface area contributed by atoms with Crippen molar-refractivity contribution in [3.8, 4) is 5.75 Å². The molecule has 0 bridgehead atoms. The number of pyridine rings is 1. The first kappa shape index (κ1) is 11.6. The summed E-state index contributed by atoms with van der Waals surface area (Å²) in [4.78, 5) is 16.0. The molecule has 0 atom stereocenters. The van der Waals surface area contributed by atoms with Gasteiger partial charge in [0.1, 0.15) is 10.9 Å². The molecule has 2 rings (SSSR count). The summed E-state index contributed by atoms with van der Waals surface area (Å²) in [7, 11) is 1.56. The van der Waals surface area contributed by atoms with Crippen molar-refractivity contribution in [2.45, 2.75) is 0 Å². The van der Waals surface area contributed by atoms with E-state index in [0.29, 0.717) is 22.0 Å². The van der Waals surface area contributed by atoms with E-state index in [1.165, 1.54) is 6.20 Å². The second-order valence-electron chi connectivity index (χ2n) is 3.43. The van der Waals surface area contributed by atoms with Crippen molar-refractivity contribution in [1.29, 1.82) is 0 Å². The molecule has 0 spiro atoms. The lowest BCUT2D eigenvalue weighted by Gasteiger charge is -2.03. The van der Waals surface area contributed by atoms with Crippen LogP contribution in [0.1, 0.15) is 15.9 Å². The fourth-order valence-corrected chi connectivity index (χ4v) is 1.55. The minimum Gasteiger partial charge on any atom is -0.497 e. The molecule has 0 fully saturated rings. The summed E-state index contributed by atoms with van der Waals surface area (Å²) in [6.07, 6.45) is 1.46. The summed E-state index contributed by atoms with van der Waals surface area (Å²) in [5.41, 5.74) is 1.07. The van der Waals surface area contributed by atoms with Crippen molar-refractivity contribution in [1.82, 2.24) is 4.98 Å². The standard InChI is InChI=1S/C13H10ClNO2/c1-17-11-4-2-3-9(7-11)13(16)10-5-6-12(14)15-8-10/h2-8H,1H3. The fourth-order valence-electron chi connectivity index (χ4n) is 1.44. The highest BCUT2D eigenvalue weighted by Gasteiger charge is 2.09. The first-order valence-corrected chi connectivity index (χ1v) is 5.39. The predicted molar refractivity (Wildman–Crippen MR) is 65.7 cm³/mol. The summed E-state index contributed by atoms with van der Waals surface area (Å²) >= 11 is 5.67. The van der Waals surface area contributed by atoms with Gasteiger partial charge >= 0.3 is 0 Å². The zero-order valence-corrected chi connectivity index (χ0v) is 9.94. The molecule has 17 heavy (non-hydrogen) atoms. The number of rotatable bonds is 3. The number of benzene rings is 1. The molecule has 1 heterocycles. The normalized spacial score (nSPS) is 10.0. The van der Waals surface area contributed by atoms with E-state index in [-0.39, 0.29) is 5.78 Å². The maximum absolute atomic E-state index is 12.1. The van der Waals surface area contributed by atoms with Crippen LogP contribution in [0.2, 0.25) is 5.15 Å². The van der Waals surface area contributed by atoms with E-state index in [1.807, 2.05) is 0 Å². The topological polar surface area (TPSA) is 39.2 Å². The summed E-state index contributed by atoms with van der Waals surface area (Å²) in [5.74, 6) is 0.547. The molecule has 0 amide bonds. The molecule has 4 heteroatoms. The van der Waals surface area contributed by atoms with Gasteiger partial charge in [0.25, 0.3) is 0 Å². The summed E-state index contributed by atoms with van der Waals surface area (Å²) in [6.45, 7) is 0. The van der Waals surface area contributed by atoms with Gasteiger partial charge in [0.15, 0.2) is 5.78 Å². The highest BCUT2D eigenvalue weighted by atomic mass is 35.5. The molecular formula is C13H10ClNO2. The molecule has 0 radical (unpaired) electrons. The van der Waals surface area contributed by atoms with Gasteiger partial charge in [-0.1, -0.05) is 23.7 Å². The molecule has 1 aromatic carbocycles.